The second kappa shape index (κ2) is 10.5. The van der Waals surface area contributed by atoms with Crippen LogP contribution < -0.4 is 19.3 Å². The molecule has 0 saturated heterocycles. The highest BCUT2D eigenvalue weighted by Gasteiger charge is 2.32. The van der Waals surface area contributed by atoms with Gasteiger partial charge >= 0.3 is 0 Å². The van der Waals surface area contributed by atoms with Crippen molar-refractivity contribution in [1.82, 2.24) is 0 Å². The van der Waals surface area contributed by atoms with Crippen LogP contribution in [0.15, 0.2) is 84.9 Å². The number of carbonyl (C=O) groups is 2. The molecule has 0 aromatic heterocycles. The minimum absolute atomic E-state index is 0.0509. The predicted octanol–water partition coefficient (Wildman–Crippen LogP) is 4.36. The molecule has 6 nitrogen and oxygen atoms in total. The van der Waals surface area contributed by atoms with Gasteiger partial charge in [0.05, 0.1) is 49.6 Å². The molecule has 0 spiro atoms. The number of carbonyl (C=O) groups excluding carboxylic acids is 2. The van der Waals surface area contributed by atoms with Crippen LogP contribution in [0.1, 0.15) is 51.1 Å². The number of hydrogen-bond acceptors (Lipinski definition) is 4. The van der Waals surface area contributed by atoms with Crippen LogP contribution in [0.3, 0.4) is 0 Å². The summed E-state index contributed by atoms with van der Waals surface area (Å²) in [4.78, 5) is 28.3. The summed E-state index contributed by atoms with van der Waals surface area (Å²) < 4.78 is 12.0. The molecule has 6 rings (SSSR count). The maximum atomic E-state index is 13.0. The molecule has 0 saturated carbocycles. The van der Waals surface area contributed by atoms with Gasteiger partial charge in [-0.15, -0.1) is 0 Å². The third kappa shape index (κ3) is 4.62. The first-order chi connectivity index (χ1) is 19.0. The standard InChI is InChI=1S/C33H30N2O4/c1-34-28-12-6-4-10-24(28)32(36)26-20-22(14-16-30(26)34)38-18-8-3-9-19-39-23-15-17-31-27(21-23)33(37)25-11-5-7-13-29(25)35(31)2/h4-7,10-17,20-21H,3,8-9,18-19H2,1-2H3/p+2. The number of benzene rings is 4. The number of nitrogens with one attached hydrogen (secondary N) is 2. The summed E-state index contributed by atoms with van der Waals surface area (Å²) in [6, 6.07) is 27.1. The smallest absolute Gasteiger partial charge is 0.205 e. The van der Waals surface area contributed by atoms with Gasteiger partial charge in [-0.25, -0.2) is 0 Å². The maximum absolute atomic E-state index is 13.0. The number of ketones is 2. The number of unbranched alkanes of at least 4 members (excludes halogenated alkanes) is 2. The fraction of sp³-hybridized carbons (Fsp3) is 0.212. The highest BCUT2D eigenvalue weighted by Crippen LogP contribution is 2.31. The Hall–Kier alpha value is -4.26. The van der Waals surface area contributed by atoms with E-state index in [9.17, 15) is 9.59 Å². The van der Waals surface area contributed by atoms with E-state index in [1.54, 1.807) is 0 Å². The van der Waals surface area contributed by atoms with Crippen LogP contribution in [0.25, 0.3) is 0 Å². The van der Waals surface area contributed by atoms with Gasteiger partial charge in [-0.05, 0) is 55.7 Å². The summed E-state index contributed by atoms with van der Waals surface area (Å²) in [6.07, 6.45) is 2.72. The van der Waals surface area contributed by atoms with Gasteiger partial charge < -0.3 is 9.47 Å². The van der Waals surface area contributed by atoms with Crippen molar-refractivity contribution in [3.8, 4) is 11.5 Å². The van der Waals surface area contributed by atoms with Crippen molar-refractivity contribution < 1.29 is 28.9 Å². The summed E-state index contributed by atoms with van der Waals surface area (Å²) in [5.41, 5.74) is 6.88. The Morgan fingerprint density at radius 2 is 0.923 bits per heavy atom. The number of ether oxygens (including phenoxy) is 2. The van der Waals surface area contributed by atoms with Crippen molar-refractivity contribution in [1.29, 1.82) is 0 Å². The van der Waals surface area contributed by atoms with Crippen LogP contribution in [0.5, 0.6) is 11.5 Å². The predicted molar refractivity (Wildman–Crippen MR) is 150 cm³/mol. The average molecular weight is 521 g/mol. The van der Waals surface area contributed by atoms with E-state index < -0.39 is 0 Å². The zero-order chi connectivity index (χ0) is 26.9. The minimum Gasteiger partial charge on any atom is -0.494 e. The molecule has 0 bridgehead atoms. The molecular weight excluding hydrogens is 488 g/mol. The second-order valence-electron chi connectivity index (χ2n) is 10.2. The Balaban J connectivity index is 0.984. The quantitative estimate of drug-likeness (QED) is 0.339. The average Bonchev–Trinajstić information content (AvgIpc) is 2.98. The topological polar surface area (TPSA) is 61.5 Å². The lowest BCUT2D eigenvalue weighted by Gasteiger charge is -2.23. The highest BCUT2D eigenvalue weighted by molar-refractivity contribution is 6.16. The minimum atomic E-state index is 0.0509. The van der Waals surface area contributed by atoms with Crippen LogP contribution >= 0.6 is 0 Å². The number of hydrogen-bond donors (Lipinski definition) is 2. The largest absolute Gasteiger partial charge is 0.494 e. The lowest BCUT2D eigenvalue weighted by atomic mass is 9.94. The first-order valence-corrected chi connectivity index (χ1v) is 13.5. The molecule has 0 amide bonds. The molecule has 2 aliphatic rings. The molecule has 2 aliphatic heterocycles. The van der Waals surface area contributed by atoms with E-state index in [2.05, 4.69) is 14.1 Å². The summed E-state index contributed by atoms with van der Waals surface area (Å²) >= 11 is 0. The van der Waals surface area contributed by atoms with Gasteiger partial charge in [-0.2, -0.15) is 0 Å². The van der Waals surface area contributed by atoms with Crippen molar-refractivity contribution in [2.75, 3.05) is 27.3 Å². The van der Waals surface area contributed by atoms with Crippen LogP contribution in [-0.4, -0.2) is 38.9 Å². The molecule has 4 aromatic rings. The molecule has 39 heavy (non-hydrogen) atoms. The molecule has 4 aromatic carbocycles. The molecular formula is C33H32N2O4+2. The van der Waals surface area contributed by atoms with Crippen LogP contribution in [-0.2, 0) is 0 Å². The molecule has 0 fully saturated rings. The molecule has 0 aliphatic carbocycles. The van der Waals surface area contributed by atoms with Gasteiger partial charge in [0, 0.05) is 24.3 Å². The molecule has 196 valence electrons. The van der Waals surface area contributed by atoms with Gasteiger partial charge in [-0.3, -0.25) is 19.4 Å². The molecule has 2 N–H and O–H groups in total. The van der Waals surface area contributed by atoms with Gasteiger partial charge in [0.15, 0.2) is 0 Å². The zero-order valence-corrected chi connectivity index (χ0v) is 22.3. The van der Waals surface area contributed by atoms with E-state index in [-0.39, 0.29) is 11.6 Å². The van der Waals surface area contributed by atoms with Gasteiger partial charge in [-0.1, -0.05) is 24.3 Å². The van der Waals surface area contributed by atoms with Crippen LogP contribution in [0.4, 0.5) is 22.7 Å². The summed E-state index contributed by atoms with van der Waals surface area (Å²) in [6.45, 7) is 1.16. The lowest BCUT2D eigenvalue weighted by Crippen LogP contribution is -2.99. The van der Waals surface area contributed by atoms with Crippen molar-refractivity contribution in [2.45, 2.75) is 19.3 Å². The monoisotopic (exact) mass is 520 g/mol. The Bertz CT molecular complexity index is 1460. The van der Waals surface area contributed by atoms with Gasteiger partial charge in [0.2, 0.25) is 11.6 Å². The number of quaternary nitrogens is 2. The lowest BCUT2D eigenvalue weighted by molar-refractivity contribution is -0.736. The third-order valence-electron chi connectivity index (χ3n) is 7.76. The second-order valence-corrected chi connectivity index (χ2v) is 10.2. The number of para-hydroxylation sites is 2. The van der Waals surface area contributed by atoms with Crippen molar-refractivity contribution in [2.24, 2.45) is 0 Å². The van der Waals surface area contributed by atoms with Gasteiger partial charge in [0.1, 0.15) is 34.2 Å². The first kappa shape index (κ1) is 25.0. The molecule has 0 radical (unpaired) electrons. The summed E-state index contributed by atoms with van der Waals surface area (Å²) in [7, 11) is 4.13. The first-order valence-electron chi connectivity index (χ1n) is 13.5. The van der Waals surface area contributed by atoms with Crippen molar-refractivity contribution in [3.05, 3.63) is 107 Å². The molecule has 2 atom stereocenters. The van der Waals surface area contributed by atoms with E-state index in [0.717, 1.165) is 74.4 Å². The fourth-order valence-electron chi connectivity index (χ4n) is 5.61. The SMILES string of the molecule is C[NH+]1c2ccccc2C(=O)c2cc(OCCCCCOc3ccc4c(c3)C(=O)c3ccccc3[NH+]4C)ccc21. The van der Waals surface area contributed by atoms with Crippen molar-refractivity contribution >= 4 is 34.3 Å². The van der Waals surface area contributed by atoms with E-state index >= 15 is 0 Å². The van der Waals surface area contributed by atoms with Crippen molar-refractivity contribution in [3.63, 3.8) is 0 Å². The molecule has 2 unspecified atom stereocenters. The van der Waals surface area contributed by atoms with Crippen LogP contribution in [0.2, 0.25) is 0 Å². The molecule has 6 heteroatoms. The fourth-order valence-corrected chi connectivity index (χ4v) is 5.61. The van der Waals surface area contributed by atoms with E-state index in [1.165, 1.54) is 0 Å². The number of fused-ring (bicyclic) bond motifs is 4. The summed E-state index contributed by atoms with van der Waals surface area (Å²) in [5, 5.41) is 0. The zero-order valence-electron chi connectivity index (χ0n) is 22.3. The van der Waals surface area contributed by atoms with E-state index in [0.29, 0.717) is 24.3 Å². The maximum Gasteiger partial charge on any atom is 0.205 e. The number of rotatable bonds is 8. The van der Waals surface area contributed by atoms with E-state index in [4.69, 9.17) is 9.47 Å². The van der Waals surface area contributed by atoms with E-state index in [1.807, 2.05) is 84.9 Å². The Labute approximate surface area is 228 Å². The Morgan fingerprint density at radius 1 is 0.513 bits per heavy atom. The van der Waals surface area contributed by atoms with Gasteiger partial charge in [0.25, 0.3) is 0 Å². The van der Waals surface area contributed by atoms with Crippen LogP contribution in [0, 0.1) is 0 Å². The summed E-state index contributed by atoms with van der Waals surface area (Å²) in [5.74, 6) is 1.54. The third-order valence-corrected chi connectivity index (χ3v) is 7.76. The Morgan fingerprint density at radius 3 is 1.38 bits per heavy atom. The highest BCUT2D eigenvalue weighted by atomic mass is 16.5. The molecule has 2 heterocycles. The normalized spacial score (nSPS) is 17.1. The Kier molecular flexibility index (Phi) is 6.73.